The summed E-state index contributed by atoms with van der Waals surface area (Å²) in [6.07, 6.45) is 5.30. The number of aromatic nitrogens is 1. The summed E-state index contributed by atoms with van der Waals surface area (Å²) < 4.78 is 6.66. The van der Waals surface area contributed by atoms with Crippen LogP contribution in [0.5, 0.6) is 0 Å². The molecule has 1 aromatic carbocycles. The van der Waals surface area contributed by atoms with E-state index >= 15 is 0 Å². The predicted molar refractivity (Wildman–Crippen MR) is 117 cm³/mol. The maximum atomic E-state index is 13.3. The number of aryl methyl sites for hydroxylation is 2. The Bertz CT molecular complexity index is 1010. The minimum atomic E-state index is -0.281. The summed E-state index contributed by atoms with van der Waals surface area (Å²) in [6.45, 7) is 1.78. The maximum absolute atomic E-state index is 13.3. The molecule has 2 aliphatic rings. The van der Waals surface area contributed by atoms with Crippen LogP contribution in [-0.2, 0) is 35.5 Å². The van der Waals surface area contributed by atoms with Crippen molar-refractivity contribution < 1.29 is 14.3 Å². The summed E-state index contributed by atoms with van der Waals surface area (Å²) in [5, 5.41) is 2.97. The molecular weight excluding hydrogens is 394 g/mol. The van der Waals surface area contributed by atoms with Crippen LogP contribution >= 0.6 is 0 Å². The first-order valence-corrected chi connectivity index (χ1v) is 10.9. The first-order valence-electron chi connectivity index (χ1n) is 10.9. The van der Waals surface area contributed by atoms with Crippen LogP contribution in [0.3, 0.4) is 0 Å². The van der Waals surface area contributed by atoms with Crippen molar-refractivity contribution in [3.63, 3.8) is 0 Å². The number of amides is 2. The van der Waals surface area contributed by atoms with E-state index in [2.05, 4.69) is 5.32 Å². The van der Waals surface area contributed by atoms with Crippen LogP contribution in [0.4, 0.5) is 0 Å². The maximum Gasteiger partial charge on any atom is 0.263 e. The Morgan fingerprint density at radius 3 is 2.68 bits per heavy atom. The number of nitrogens with one attached hydrogen (secondary N) is 1. The van der Waals surface area contributed by atoms with Gasteiger partial charge in [-0.25, -0.2) is 0 Å². The van der Waals surface area contributed by atoms with E-state index in [-0.39, 0.29) is 29.0 Å². The van der Waals surface area contributed by atoms with Gasteiger partial charge in [0.05, 0.1) is 13.0 Å². The second-order valence-electron chi connectivity index (χ2n) is 8.30. The molecule has 1 aliphatic heterocycles. The van der Waals surface area contributed by atoms with E-state index in [9.17, 15) is 14.4 Å². The number of hydrogen-bond donors (Lipinski definition) is 1. The Labute approximate surface area is 182 Å². The molecule has 0 bridgehead atoms. The summed E-state index contributed by atoms with van der Waals surface area (Å²) in [4.78, 5) is 40.5. The number of hydrogen-bond acceptors (Lipinski definition) is 4. The first kappa shape index (κ1) is 21.3. The summed E-state index contributed by atoms with van der Waals surface area (Å²) >= 11 is 0. The molecule has 1 fully saturated rings. The smallest absolute Gasteiger partial charge is 0.263 e. The third-order valence-corrected chi connectivity index (χ3v) is 5.97. The van der Waals surface area contributed by atoms with E-state index in [1.54, 1.807) is 16.6 Å². The summed E-state index contributed by atoms with van der Waals surface area (Å²) in [5.41, 5.74) is 2.81. The molecule has 7 nitrogen and oxygen atoms in total. The second-order valence-corrected chi connectivity index (χ2v) is 8.30. The average Bonchev–Trinajstić information content (AvgIpc) is 3.60. The molecule has 0 radical (unpaired) electrons. The Kier molecular flexibility index (Phi) is 6.51. The van der Waals surface area contributed by atoms with Crippen molar-refractivity contribution in [2.75, 3.05) is 20.3 Å². The number of rotatable bonds is 8. The number of fused-ring (bicyclic) bond motifs is 1. The molecule has 7 heteroatoms. The van der Waals surface area contributed by atoms with Crippen molar-refractivity contribution in [3.05, 3.63) is 69.1 Å². The Morgan fingerprint density at radius 2 is 1.97 bits per heavy atom. The number of benzene rings is 1. The lowest BCUT2D eigenvalue weighted by Gasteiger charge is -2.30. The van der Waals surface area contributed by atoms with E-state index in [4.69, 9.17) is 4.74 Å². The van der Waals surface area contributed by atoms with Gasteiger partial charge < -0.3 is 19.5 Å². The molecule has 0 atom stereocenters. The van der Waals surface area contributed by atoms with Crippen LogP contribution in [0.1, 0.15) is 46.3 Å². The van der Waals surface area contributed by atoms with Gasteiger partial charge in [-0.1, -0.05) is 30.3 Å². The molecule has 1 aromatic heterocycles. The standard InChI is InChI=1S/C24H29N3O4/c1-31-14-11-21(28)26-13-10-20-18(15-26)16-27(12-9-17-5-3-2-4-6-17)24(30)22(20)23(29)25-19-7-8-19/h2-6,16,19H,7-15H2,1H3,(H,25,29). The van der Waals surface area contributed by atoms with Gasteiger partial charge in [-0.05, 0) is 42.4 Å². The molecule has 1 N–H and O–H groups in total. The van der Waals surface area contributed by atoms with E-state index in [0.717, 1.165) is 29.5 Å². The highest BCUT2D eigenvalue weighted by Crippen LogP contribution is 2.24. The number of carbonyl (C=O) groups is 2. The number of ether oxygens (including phenoxy) is 1. The zero-order chi connectivity index (χ0) is 21.8. The molecule has 31 heavy (non-hydrogen) atoms. The fourth-order valence-corrected chi connectivity index (χ4v) is 4.05. The van der Waals surface area contributed by atoms with Crippen molar-refractivity contribution in [1.82, 2.24) is 14.8 Å². The van der Waals surface area contributed by atoms with Gasteiger partial charge in [0.25, 0.3) is 11.5 Å². The molecule has 2 amide bonds. The predicted octanol–water partition coefficient (Wildman–Crippen LogP) is 1.90. The van der Waals surface area contributed by atoms with E-state index in [0.29, 0.717) is 45.5 Å². The van der Waals surface area contributed by atoms with Crippen molar-refractivity contribution in [3.8, 4) is 0 Å². The quantitative estimate of drug-likeness (QED) is 0.703. The number of nitrogens with zero attached hydrogens (tertiary/aromatic N) is 2. The van der Waals surface area contributed by atoms with Gasteiger partial charge in [0.1, 0.15) is 5.56 Å². The van der Waals surface area contributed by atoms with E-state index in [1.807, 2.05) is 36.5 Å². The Morgan fingerprint density at radius 1 is 1.19 bits per heavy atom. The molecule has 0 unspecified atom stereocenters. The molecule has 1 aliphatic carbocycles. The highest BCUT2D eigenvalue weighted by Gasteiger charge is 2.30. The topological polar surface area (TPSA) is 80.6 Å². The van der Waals surface area contributed by atoms with Crippen molar-refractivity contribution in [2.24, 2.45) is 0 Å². The van der Waals surface area contributed by atoms with Gasteiger partial charge in [0, 0.05) is 39.0 Å². The molecule has 2 aromatic rings. The Balaban J connectivity index is 1.63. The molecular formula is C24H29N3O4. The number of pyridine rings is 1. The van der Waals surface area contributed by atoms with Gasteiger partial charge in [0.2, 0.25) is 5.91 Å². The lowest BCUT2D eigenvalue weighted by Crippen LogP contribution is -2.42. The largest absolute Gasteiger partial charge is 0.384 e. The SMILES string of the molecule is COCCC(=O)N1CCc2c(cn(CCc3ccccc3)c(=O)c2C(=O)NC2CC2)C1. The third-order valence-electron chi connectivity index (χ3n) is 5.97. The van der Waals surface area contributed by atoms with Gasteiger partial charge in [0.15, 0.2) is 0 Å². The normalized spacial score (nSPS) is 15.5. The lowest BCUT2D eigenvalue weighted by atomic mass is 9.95. The Hall–Kier alpha value is -2.93. The minimum Gasteiger partial charge on any atom is -0.384 e. The van der Waals surface area contributed by atoms with Gasteiger partial charge >= 0.3 is 0 Å². The molecule has 4 rings (SSSR count). The average molecular weight is 424 g/mol. The van der Waals surface area contributed by atoms with Crippen molar-refractivity contribution in [1.29, 1.82) is 0 Å². The lowest BCUT2D eigenvalue weighted by molar-refractivity contribution is -0.133. The van der Waals surface area contributed by atoms with E-state index < -0.39 is 0 Å². The fraction of sp³-hybridized carbons (Fsp3) is 0.458. The highest BCUT2D eigenvalue weighted by molar-refractivity contribution is 5.96. The summed E-state index contributed by atoms with van der Waals surface area (Å²) in [7, 11) is 1.58. The number of methoxy groups -OCH3 is 1. The molecule has 0 spiro atoms. The second kappa shape index (κ2) is 9.47. The summed E-state index contributed by atoms with van der Waals surface area (Å²) in [5.74, 6) is -0.254. The minimum absolute atomic E-state index is 0.0264. The van der Waals surface area contributed by atoms with E-state index in [1.165, 1.54) is 0 Å². The van der Waals surface area contributed by atoms with Crippen LogP contribution in [0, 0.1) is 0 Å². The van der Waals surface area contributed by atoms with Crippen LogP contribution in [-0.4, -0.2) is 47.6 Å². The zero-order valence-electron chi connectivity index (χ0n) is 17.9. The zero-order valence-corrected chi connectivity index (χ0v) is 17.9. The van der Waals surface area contributed by atoms with Gasteiger partial charge in [-0.3, -0.25) is 14.4 Å². The number of carbonyl (C=O) groups excluding carboxylic acids is 2. The van der Waals surface area contributed by atoms with Crippen LogP contribution in [0.2, 0.25) is 0 Å². The van der Waals surface area contributed by atoms with Gasteiger partial charge in [-0.2, -0.15) is 0 Å². The van der Waals surface area contributed by atoms with Crippen LogP contribution in [0.15, 0.2) is 41.3 Å². The fourth-order valence-electron chi connectivity index (χ4n) is 4.05. The van der Waals surface area contributed by atoms with Crippen LogP contribution in [0.25, 0.3) is 0 Å². The van der Waals surface area contributed by atoms with Crippen molar-refractivity contribution in [2.45, 2.75) is 51.2 Å². The van der Waals surface area contributed by atoms with Gasteiger partial charge in [-0.15, -0.1) is 0 Å². The first-order chi connectivity index (χ1) is 15.1. The monoisotopic (exact) mass is 423 g/mol. The molecule has 1 saturated carbocycles. The highest BCUT2D eigenvalue weighted by atomic mass is 16.5. The molecule has 0 saturated heterocycles. The third kappa shape index (κ3) is 5.05. The van der Waals surface area contributed by atoms with Crippen molar-refractivity contribution >= 4 is 11.8 Å². The van der Waals surface area contributed by atoms with Crippen LogP contribution < -0.4 is 10.9 Å². The molecule has 2 heterocycles. The summed E-state index contributed by atoms with van der Waals surface area (Å²) in [6, 6.07) is 10.1. The molecule has 164 valence electrons.